The van der Waals surface area contributed by atoms with Gasteiger partial charge in [-0.25, -0.2) is 9.18 Å². The molecule has 0 saturated carbocycles. The van der Waals surface area contributed by atoms with Gasteiger partial charge in [-0.05, 0) is 61.1 Å². The number of aryl methyl sites for hydroxylation is 2. The first-order valence-electron chi connectivity index (χ1n) is 9.63. The fourth-order valence-corrected chi connectivity index (χ4v) is 3.84. The second kappa shape index (κ2) is 8.25. The minimum Gasteiger partial charge on any atom is -0.389 e. The summed E-state index contributed by atoms with van der Waals surface area (Å²) in [5.74, 6) is -0.00817. The zero-order valence-electron chi connectivity index (χ0n) is 16.0. The van der Waals surface area contributed by atoms with E-state index in [1.165, 1.54) is 6.07 Å². The highest BCUT2D eigenvalue weighted by Crippen LogP contribution is 2.39. The molecule has 5 nitrogen and oxygen atoms in total. The number of benzene rings is 2. The van der Waals surface area contributed by atoms with Crippen molar-refractivity contribution in [1.82, 2.24) is 15.1 Å². The van der Waals surface area contributed by atoms with Crippen molar-refractivity contribution in [3.63, 3.8) is 0 Å². The lowest BCUT2D eigenvalue weighted by Gasteiger charge is -2.21. The first-order chi connectivity index (χ1) is 14.1. The fraction of sp³-hybridized carbons (Fsp3) is 0.273. The van der Waals surface area contributed by atoms with Crippen LogP contribution in [0.5, 0.6) is 5.88 Å². The summed E-state index contributed by atoms with van der Waals surface area (Å²) in [6.45, 7) is 2.67. The van der Waals surface area contributed by atoms with Crippen LogP contribution in [0.2, 0.25) is 5.02 Å². The lowest BCUT2D eigenvalue weighted by atomic mass is 9.90. The number of amides is 1. The number of aromatic amines is 1. The van der Waals surface area contributed by atoms with Gasteiger partial charge in [-0.1, -0.05) is 35.9 Å². The summed E-state index contributed by atoms with van der Waals surface area (Å²) < 4.78 is 19.5. The Morgan fingerprint density at radius 1 is 1.28 bits per heavy atom. The van der Waals surface area contributed by atoms with Crippen LogP contribution in [-0.4, -0.2) is 34.3 Å². The van der Waals surface area contributed by atoms with Crippen LogP contribution in [0.4, 0.5) is 9.18 Å². The molecule has 1 aliphatic carbocycles. The molecule has 150 valence electrons. The Labute approximate surface area is 173 Å². The number of aromatic nitrogens is 2. The molecule has 0 spiro atoms. The maximum absolute atomic E-state index is 13.8. The number of hydrogen-bond donors (Lipinski definition) is 1. The fourth-order valence-electron chi connectivity index (χ4n) is 3.65. The third-order valence-electron chi connectivity index (χ3n) is 5.22. The molecule has 0 unspecified atom stereocenters. The molecule has 4 rings (SSSR count). The largest absolute Gasteiger partial charge is 0.416 e. The molecule has 1 heterocycles. The number of fused-ring (bicyclic) bond motifs is 3. The quantitative estimate of drug-likeness (QED) is 0.638. The van der Waals surface area contributed by atoms with Gasteiger partial charge in [0.05, 0.1) is 5.56 Å². The number of H-pyrrole nitrogens is 1. The summed E-state index contributed by atoms with van der Waals surface area (Å²) in [7, 11) is 0. The van der Waals surface area contributed by atoms with Crippen LogP contribution in [0.25, 0.3) is 11.1 Å². The van der Waals surface area contributed by atoms with E-state index >= 15 is 0 Å². The Morgan fingerprint density at radius 3 is 2.90 bits per heavy atom. The zero-order valence-corrected chi connectivity index (χ0v) is 16.8. The van der Waals surface area contributed by atoms with Crippen molar-refractivity contribution in [2.45, 2.75) is 26.2 Å². The van der Waals surface area contributed by atoms with E-state index in [-0.39, 0.29) is 11.7 Å². The van der Waals surface area contributed by atoms with Crippen molar-refractivity contribution in [3.05, 3.63) is 70.1 Å². The number of halogens is 2. The highest BCUT2D eigenvalue weighted by Gasteiger charge is 2.26. The molecule has 2 aromatic carbocycles. The summed E-state index contributed by atoms with van der Waals surface area (Å²) >= 11 is 6.12. The van der Waals surface area contributed by atoms with Gasteiger partial charge in [-0.15, -0.1) is 5.10 Å². The lowest BCUT2D eigenvalue weighted by Crippen LogP contribution is -2.35. The van der Waals surface area contributed by atoms with Crippen LogP contribution >= 0.6 is 11.6 Å². The number of hydrogen-bond acceptors (Lipinski definition) is 3. The van der Waals surface area contributed by atoms with E-state index in [2.05, 4.69) is 10.2 Å². The van der Waals surface area contributed by atoms with Gasteiger partial charge in [0.2, 0.25) is 0 Å². The molecule has 29 heavy (non-hydrogen) atoms. The standard InChI is InChI=1S/C22H21ClFN3O2/c1-2-27(12-11-14-5-3-4-6-18(14)24)22(28)29-21-20-17-9-8-16(23)13-15(17)7-10-19(20)25-26-21/h3-6,8-9,13H,2,7,10-12H2,1H3,(H,25,26). The molecule has 1 aromatic heterocycles. The Bertz CT molecular complexity index is 1050. The molecule has 0 bridgehead atoms. The predicted molar refractivity (Wildman–Crippen MR) is 110 cm³/mol. The molecule has 1 N–H and O–H groups in total. The molecule has 3 aromatic rings. The first kappa shape index (κ1) is 19.5. The highest BCUT2D eigenvalue weighted by molar-refractivity contribution is 6.30. The van der Waals surface area contributed by atoms with Crippen LogP contribution < -0.4 is 4.74 Å². The van der Waals surface area contributed by atoms with E-state index in [9.17, 15) is 9.18 Å². The average Bonchev–Trinajstić information content (AvgIpc) is 3.12. The summed E-state index contributed by atoms with van der Waals surface area (Å²) in [6, 6.07) is 12.3. The number of likely N-dealkylation sites (N-methyl/N-ethyl adjacent to an activating group) is 1. The number of rotatable bonds is 5. The normalized spacial score (nSPS) is 12.2. The molecule has 0 atom stereocenters. The first-order valence-corrected chi connectivity index (χ1v) is 10.0. The van der Waals surface area contributed by atoms with Gasteiger partial charge in [0.15, 0.2) is 0 Å². The maximum atomic E-state index is 13.8. The third kappa shape index (κ3) is 3.98. The second-order valence-corrected chi connectivity index (χ2v) is 7.41. The number of carbonyl (C=O) groups excluding carboxylic acids is 1. The predicted octanol–water partition coefficient (Wildman–Crippen LogP) is 5.03. The minimum absolute atomic E-state index is 0.262. The minimum atomic E-state index is -0.501. The number of ether oxygens (including phenoxy) is 1. The molecule has 0 fully saturated rings. The van der Waals surface area contributed by atoms with Crippen molar-refractivity contribution in [1.29, 1.82) is 0 Å². The van der Waals surface area contributed by atoms with Crippen LogP contribution in [-0.2, 0) is 19.3 Å². The van der Waals surface area contributed by atoms with E-state index in [4.69, 9.17) is 16.3 Å². The van der Waals surface area contributed by atoms with Crippen LogP contribution in [0.15, 0.2) is 42.5 Å². The van der Waals surface area contributed by atoms with E-state index in [0.717, 1.165) is 35.2 Å². The molecular formula is C22H21ClFN3O2. The van der Waals surface area contributed by atoms with Crippen molar-refractivity contribution in [3.8, 4) is 17.0 Å². The van der Waals surface area contributed by atoms with Gasteiger partial charge < -0.3 is 9.64 Å². The van der Waals surface area contributed by atoms with Gasteiger partial charge in [-0.3, -0.25) is 5.10 Å². The van der Waals surface area contributed by atoms with Crippen LogP contribution in [0, 0.1) is 5.82 Å². The number of nitrogens with one attached hydrogen (secondary N) is 1. The van der Waals surface area contributed by atoms with E-state index in [1.54, 1.807) is 23.1 Å². The van der Waals surface area contributed by atoms with Gasteiger partial charge in [-0.2, -0.15) is 0 Å². The van der Waals surface area contributed by atoms with Crippen molar-refractivity contribution >= 4 is 17.7 Å². The topological polar surface area (TPSA) is 58.2 Å². The van der Waals surface area contributed by atoms with Crippen molar-refractivity contribution < 1.29 is 13.9 Å². The van der Waals surface area contributed by atoms with Gasteiger partial charge in [0.1, 0.15) is 5.82 Å². The van der Waals surface area contributed by atoms with Crippen molar-refractivity contribution in [2.24, 2.45) is 0 Å². The van der Waals surface area contributed by atoms with E-state index in [1.807, 2.05) is 25.1 Å². The third-order valence-corrected chi connectivity index (χ3v) is 5.46. The van der Waals surface area contributed by atoms with Crippen LogP contribution in [0.3, 0.4) is 0 Å². The SMILES string of the molecule is CCN(CCc1ccccc1F)C(=O)Oc1n[nH]c2c1-c1ccc(Cl)cc1CC2. The Hall–Kier alpha value is -2.86. The van der Waals surface area contributed by atoms with E-state index < -0.39 is 6.09 Å². The van der Waals surface area contributed by atoms with E-state index in [0.29, 0.717) is 30.1 Å². The highest BCUT2D eigenvalue weighted by atomic mass is 35.5. The Balaban J connectivity index is 1.51. The molecular weight excluding hydrogens is 393 g/mol. The molecule has 7 heteroatoms. The number of nitrogens with zero attached hydrogens (tertiary/aromatic N) is 2. The molecule has 0 radical (unpaired) electrons. The van der Waals surface area contributed by atoms with Gasteiger partial charge >= 0.3 is 6.09 Å². The summed E-state index contributed by atoms with van der Waals surface area (Å²) in [4.78, 5) is 14.3. The maximum Gasteiger partial charge on any atom is 0.416 e. The zero-order chi connectivity index (χ0) is 20.4. The lowest BCUT2D eigenvalue weighted by molar-refractivity contribution is 0.153. The summed E-state index contributed by atoms with van der Waals surface area (Å²) in [6.07, 6.45) is 1.54. The molecule has 1 aliphatic rings. The second-order valence-electron chi connectivity index (χ2n) is 6.97. The van der Waals surface area contributed by atoms with Crippen LogP contribution in [0.1, 0.15) is 23.7 Å². The summed E-state index contributed by atoms with van der Waals surface area (Å²) in [5.41, 5.74) is 4.40. The monoisotopic (exact) mass is 413 g/mol. The molecule has 1 amide bonds. The average molecular weight is 414 g/mol. The smallest absolute Gasteiger partial charge is 0.389 e. The Morgan fingerprint density at radius 2 is 2.10 bits per heavy atom. The summed E-state index contributed by atoms with van der Waals surface area (Å²) in [5, 5.41) is 7.88. The number of carbonyl (C=O) groups is 1. The molecule has 0 aliphatic heterocycles. The van der Waals surface area contributed by atoms with Gasteiger partial charge in [0, 0.05) is 23.8 Å². The van der Waals surface area contributed by atoms with Crippen molar-refractivity contribution in [2.75, 3.05) is 13.1 Å². The Kier molecular flexibility index (Phi) is 5.53. The van der Waals surface area contributed by atoms with Gasteiger partial charge in [0.25, 0.3) is 5.88 Å². The molecule has 0 saturated heterocycles.